The average Bonchev–Trinajstić information content (AvgIpc) is 2.76. The van der Waals surface area contributed by atoms with Crippen molar-refractivity contribution >= 4 is 29.4 Å². The first-order chi connectivity index (χ1) is 15.0. The minimum atomic E-state index is 0.218. The van der Waals surface area contributed by atoms with Crippen LogP contribution >= 0.6 is 0 Å². The Hall–Kier alpha value is -3.07. The molecule has 0 amide bonds. The number of benzene rings is 1. The summed E-state index contributed by atoms with van der Waals surface area (Å²) in [5.41, 5.74) is 15.7. The molecule has 2 heterocycles. The second kappa shape index (κ2) is 10.8. The molecule has 4 N–H and O–H groups in total. The summed E-state index contributed by atoms with van der Waals surface area (Å²) in [4.78, 5) is 20.7. The van der Waals surface area contributed by atoms with Crippen molar-refractivity contribution < 1.29 is 4.84 Å². The summed E-state index contributed by atoms with van der Waals surface area (Å²) in [6.07, 6.45) is 1.76. The second-order valence-corrected chi connectivity index (χ2v) is 7.56. The van der Waals surface area contributed by atoms with Gasteiger partial charge >= 0.3 is 0 Å². The van der Waals surface area contributed by atoms with Crippen molar-refractivity contribution in [1.82, 2.24) is 14.9 Å². The van der Waals surface area contributed by atoms with E-state index < -0.39 is 0 Å². The number of hydrogen-bond acceptors (Lipinski definition) is 9. The molecule has 31 heavy (non-hydrogen) atoms. The first kappa shape index (κ1) is 22.6. The van der Waals surface area contributed by atoms with Crippen molar-refractivity contribution in [3.63, 3.8) is 0 Å². The highest BCUT2D eigenvalue weighted by Crippen LogP contribution is 2.27. The number of likely N-dealkylation sites (N-methyl/N-ethyl adjacent to an activating group) is 1. The van der Waals surface area contributed by atoms with E-state index in [1.807, 2.05) is 6.92 Å². The van der Waals surface area contributed by atoms with Crippen molar-refractivity contribution in [3.8, 4) is 0 Å². The molecule has 9 heteroatoms. The molecule has 168 valence electrons. The van der Waals surface area contributed by atoms with Gasteiger partial charge in [0.2, 0.25) is 5.95 Å². The third kappa shape index (κ3) is 5.97. The lowest BCUT2D eigenvalue weighted by molar-refractivity contribution is 0.115. The number of nitrogens with two attached hydrogens (primary N) is 2. The Bertz CT molecular complexity index is 835. The quantitative estimate of drug-likeness (QED) is 0.356. The molecule has 0 radical (unpaired) electrons. The van der Waals surface area contributed by atoms with E-state index in [2.05, 4.69) is 67.9 Å². The van der Waals surface area contributed by atoms with E-state index in [1.165, 1.54) is 5.69 Å². The topological polar surface area (TPSA) is 109 Å². The van der Waals surface area contributed by atoms with Gasteiger partial charge in [-0.1, -0.05) is 31.1 Å². The van der Waals surface area contributed by atoms with Gasteiger partial charge in [-0.2, -0.15) is 4.98 Å². The molecule has 1 aromatic heterocycles. The lowest BCUT2D eigenvalue weighted by atomic mass is 10.2. The first-order valence-electron chi connectivity index (χ1n) is 10.9. The third-order valence-electron chi connectivity index (χ3n) is 5.63. The molecule has 9 nitrogen and oxygen atoms in total. The van der Waals surface area contributed by atoms with Crippen LogP contribution in [0.15, 0.2) is 29.4 Å². The molecule has 0 bridgehead atoms. The number of piperazine rings is 1. The predicted molar refractivity (Wildman–Crippen MR) is 128 cm³/mol. The van der Waals surface area contributed by atoms with Crippen LogP contribution in [0.25, 0.3) is 0 Å². The molecule has 0 spiro atoms. The standard InChI is InChI=1S/C22H34N8O/c1-4-28(5-2)14-15-31-25-16-18-6-8-19(9-7-18)29-10-12-30(13-11-29)20-17(3)26-22(24)27-21(20)23/h6-9,16H,4-5,10-15H2,1-3H3,(H4,23,24,26,27). The van der Waals surface area contributed by atoms with Crippen LogP contribution in [0.1, 0.15) is 25.1 Å². The smallest absolute Gasteiger partial charge is 0.222 e. The maximum Gasteiger partial charge on any atom is 0.222 e. The molecule has 1 aromatic carbocycles. The highest BCUT2D eigenvalue weighted by atomic mass is 16.6. The Labute approximate surface area is 184 Å². The van der Waals surface area contributed by atoms with Gasteiger partial charge in [-0.15, -0.1) is 0 Å². The molecule has 0 unspecified atom stereocenters. The van der Waals surface area contributed by atoms with Crippen LogP contribution in [0.3, 0.4) is 0 Å². The van der Waals surface area contributed by atoms with Gasteiger partial charge < -0.3 is 31.0 Å². The first-order valence-corrected chi connectivity index (χ1v) is 10.9. The van der Waals surface area contributed by atoms with E-state index in [9.17, 15) is 0 Å². The number of aromatic nitrogens is 2. The number of nitrogen functional groups attached to an aromatic ring is 2. The van der Waals surface area contributed by atoms with Crippen LogP contribution in [0, 0.1) is 6.92 Å². The van der Waals surface area contributed by atoms with Crippen molar-refractivity contribution in [2.75, 3.05) is 73.7 Å². The number of hydrogen-bond donors (Lipinski definition) is 2. The van der Waals surface area contributed by atoms with Gasteiger partial charge in [0.25, 0.3) is 0 Å². The van der Waals surface area contributed by atoms with E-state index in [0.717, 1.165) is 62.8 Å². The fraction of sp³-hybridized carbons (Fsp3) is 0.500. The normalized spacial score (nSPS) is 14.6. The summed E-state index contributed by atoms with van der Waals surface area (Å²) >= 11 is 0. The molecule has 3 rings (SSSR count). The maximum absolute atomic E-state index is 6.09. The summed E-state index contributed by atoms with van der Waals surface area (Å²) in [5.74, 6) is 0.664. The minimum Gasteiger partial charge on any atom is -0.394 e. The van der Waals surface area contributed by atoms with E-state index in [1.54, 1.807) is 6.21 Å². The molecule has 2 aromatic rings. The predicted octanol–water partition coefficient (Wildman–Crippen LogP) is 1.97. The van der Waals surface area contributed by atoms with Gasteiger partial charge in [-0.05, 0) is 37.7 Å². The van der Waals surface area contributed by atoms with Crippen molar-refractivity contribution in [2.45, 2.75) is 20.8 Å². The van der Waals surface area contributed by atoms with E-state index in [0.29, 0.717) is 12.4 Å². The Kier molecular flexibility index (Phi) is 7.88. The summed E-state index contributed by atoms with van der Waals surface area (Å²) in [6, 6.07) is 8.38. The SMILES string of the molecule is CCN(CC)CCON=Cc1ccc(N2CCN(c3c(C)nc(N)nc3N)CC2)cc1. The van der Waals surface area contributed by atoms with Gasteiger partial charge in [0.15, 0.2) is 5.82 Å². The summed E-state index contributed by atoms with van der Waals surface area (Å²) in [5, 5.41) is 4.09. The van der Waals surface area contributed by atoms with E-state index in [-0.39, 0.29) is 5.95 Å². The summed E-state index contributed by atoms with van der Waals surface area (Å²) in [7, 11) is 0. The van der Waals surface area contributed by atoms with Crippen LogP contribution in [0.2, 0.25) is 0 Å². The van der Waals surface area contributed by atoms with Crippen LogP contribution in [-0.4, -0.2) is 73.5 Å². The highest BCUT2D eigenvalue weighted by Gasteiger charge is 2.22. The molecule has 1 aliphatic rings. The maximum atomic E-state index is 6.09. The van der Waals surface area contributed by atoms with Crippen LogP contribution in [0.5, 0.6) is 0 Å². The summed E-state index contributed by atoms with van der Waals surface area (Å²) in [6.45, 7) is 13.3. The van der Waals surface area contributed by atoms with Gasteiger partial charge in [0.05, 0.1) is 11.9 Å². The molecule has 0 atom stereocenters. The zero-order valence-electron chi connectivity index (χ0n) is 18.8. The Morgan fingerprint density at radius 1 is 1.03 bits per heavy atom. The van der Waals surface area contributed by atoms with Crippen LogP contribution in [-0.2, 0) is 4.84 Å². The van der Waals surface area contributed by atoms with E-state index in [4.69, 9.17) is 16.3 Å². The zero-order chi connectivity index (χ0) is 22.2. The largest absolute Gasteiger partial charge is 0.394 e. The van der Waals surface area contributed by atoms with Crippen molar-refractivity contribution in [2.24, 2.45) is 5.16 Å². The molecular formula is C22H34N8O. The van der Waals surface area contributed by atoms with Crippen LogP contribution < -0.4 is 21.3 Å². The molecular weight excluding hydrogens is 392 g/mol. The average molecular weight is 427 g/mol. The fourth-order valence-electron chi connectivity index (χ4n) is 3.82. The number of rotatable bonds is 9. The third-order valence-corrected chi connectivity index (χ3v) is 5.63. The number of nitrogens with zero attached hydrogens (tertiary/aromatic N) is 6. The fourth-order valence-corrected chi connectivity index (χ4v) is 3.82. The highest BCUT2D eigenvalue weighted by molar-refractivity contribution is 5.80. The lowest BCUT2D eigenvalue weighted by Crippen LogP contribution is -2.47. The van der Waals surface area contributed by atoms with E-state index >= 15 is 0 Å². The molecule has 0 aliphatic carbocycles. The molecule has 1 aliphatic heterocycles. The van der Waals surface area contributed by atoms with Crippen molar-refractivity contribution in [1.29, 1.82) is 0 Å². The zero-order valence-corrected chi connectivity index (χ0v) is 18.8. The van der Waals surface area contributed by atoms with Gasteiger partial charge in [-0.3, -0.25) is 0 Å². The number of aryl methyl sites for hydroxylation is 1. The van der Waals surface area contributed by atoms with Crippen LogP contribution in [0.4, 0.5) is 23.1 Å². The van der Waals surface area contributed by atoms with Gasteiger partial charge in [0.1, 0.15) is 12.3 Å². The minimum absolute atomic E-state index is 0.218. The lowest BCUT2D eigenvalue weighted by Gasteiger charge is -2.38. The molecule has 1 fully saturated rings. The molecule has 0 saturated carbocycles. The second-order valence-electron chi connectivity index (χ2n) is 7.56. The number of oxime groups is 1. The van der Waals surface area contributed by atoms with Crippen molar-refractivity contribution in [3.05, 3.63) is 35.5 Å². The Morgan fingerprint density at radius 3 is 2.29 bits per heavy atom. The Morgan fingerprint density at radius 2 is 1.68 bits per heavy atom. The van der Waals surface area contributed by atoms with Gasteiger partial charge in [-0.25, -0.2) is 4.98 Å². The summed E-state index contributed by atoms with van der Waals surface area (Å²) < 4.78 is 0. The monoisotopic (exact) mass is 426 g/mol. The number of anilines is 4. The molecule has 1 saturated heterocycles. The van der Waals surface area contributed by atoms with Gasteiger partial charge in [0, 0.05) is 38.4 Å². The Balaban J connectivity index is 1.50.